The second-order valence-corrected chi connectivity index (χ2v) is 7.37. The van der Waals surface area contributed by atoms with Crippen LogP contribution in [0.3, 0.4) is 0 Å². The summed E-state index contributed by atoms with van der Waals surface area (Å²) in [6.45, 7) is 3.13. The third-order valence-corrected chi connectivity index (χ3v) is 5.62. The lowest BCUT2D eigenvalue weighted by Gasteiger charge is -2.28. The molecule has 3 rings (SSSR count). The van der Waals surface area contributed by atoms with Crippen LogP contribution in [0, 0.1) is 5.92 Å². The van der Waals surface area contributed by atoms with E-state index >= 15 is 0 Å². The van der Waals surface area contributed by atoms with Gasteiger partial charge in [-0.2, -0.15) is 0 Å². The maximum atomic E-state index is 11.9. The van der Waals surface area contributed by atoms with Crippen molar-refractivity contribution in [3.63, 3.8) is 0 Å². The lowest BCUT2D eigenvalue weighted by Crippen LogP contribution is -2.32. The van der Waals surface area contributed by atoms with Crippen molar-refractivity contribution in [2.24, 2.45) is 5.92 Å². The second-order valence-electron chi connectivity index (χ2n) is 6.62. The largest absolute Gasteiger partial charge is 0.348 e. The molecule has 2 aliphatic rings. The molecule has 1 aliphatic heterocycles. The van der Waals surface area contributed by atoms with Gasteiger partial charge < -0.3 is 4.90 Å². The molecule has 0 saturated carbocycles. The normalized spacial score (nSPS) is 21.0. The van der Waals surface area contributed by atoms with Crippen LogP contribution >= 0.6 is 23.2 Å². The number of amides is 1. The van der Waals surface area contributed by atoms with Crippen molar-refractivity contribution in [1.29, 1.82) is 0 Å². The molecule has 0 bridgehead atoms. The minimum Gasteiger partial charge on any atom is -0.348 e. The van der Waals surface area contributed by atoms with E-state index in [9.17, 15) is 4.79 Å². The maximum absolute atomic E-state index is 11.9. The molecule has 23 heavy (non-hydrogen) atoms. The molecule has 1 amide bonds. The highest BCUT2D eigenvalue weighted by Crippen LogP contribution is 2.41. The summed E-state index contributed by atoms with van der Waals surface area (Å²) in [7, 11) is 3.57. The average Bonchev–Trinajstić information content (AvgIpc) is 2.97. The van der Waals surface area contributed by atoms with Crippen LogP contribution in [0.4, 0.5) is 0 Å². The van der Waals surface area contributed by atoms with Crippen molar-refractivity contribution >= 4 is 34.7 Å². The lowest BCUT2D eigenvalue weighted by atomic mass is 9.81. The van der Waals surface area contributed by atoms with E-state index in [4.69, 9.17) is 23.2 Å². The van der Waals surface area contributed by atoms with Gasteiger partial charge in [0.2, 0.25) is 5.91 Å². The number of carbonyl (C=O) groups is 1. The molecule has 1 aromatic carbocycles. The zero-order valence-electron chi connectivity index (χ0n) is 13.6. The van der Waals surface area contributed by atoms with E-state index in [2.05, 4.69) is 11.0 Å². The van der Waals surface area contributed by atoms with Crippen molar-refractivity contribution in [3.05, 3.63) is 39.4 Å². The minimum atomic E-state index is -0.0286. The van der Waals surface area contributed by atoms with E-state index in [1.165, 1.54) is 12.8 Å². The van der Waals surface area contributed by atoms with Gasteiger partial charge in [-0.25, -0.2) is 0 Å². The summed E-state index contributed by atoms with van der Waals surface area (Å²) in [4.78, 5) is 16.0. The van der Waals surface area contributed by atoms with Crippen LogP contribution in [-0.4, -0.2) is 42.9 Å². The Labute approximate surface area is 147 Å². The van der Waals surface area contributed by atoms with Gasteiger partial charge in [-0.3, -0.25) is 9.69 Å². The SMILES string of the molecule is CN(C)C(=O)C1C=C(c2ccc(CN3CCCC3)c(Cl)c2Cl)C1. The molecule has 5 heteroatoms. The molecule has 1 aromatic rings. The van der Waals surface area contributed by atoms with Gasteiger partial charge in [0.15, 0.2) is 0 Å². The molecule has 0 aromatic heterocycles. The number of allylic oxidation sites excluding steroid dienone is 1. The van der Waals surface area contributed by atoms with E-state index in [0.29, 0.717) is 10.0 Å². The van der Waals surface area contributed by atoms with Crippen molar-refractivity contribution in [2.45, 2.75) is 25.8 Å². The smallest absolute Gasteiger partial charge is 0.229 e. The molecule has 124 valence electrons. The number of carbonyl (C=O) groups excluding carboxylic acids is 1. The predicted molar refractivity (Wildman–Crippen MR) is 95.8 cm³/mol. The van der Waals surface area contributed by atoms with Crippen molar-refractivity contribution in [2.75, 3.05) is 27.2 Å². The van der Waals surface area contributed by atoms with E-state index < -0.39 is 0 Å². The zero-order chi connectivity index (χ0) is 16.6. The molecule has 0 radical (unpaired) electrons. The number of rotatable bonds is 4. The van der Waals surface area contributed by atoms with Crippen LogP contribution < -0.4 is 0 Å². The Bertz CT molecular complexity index is 649. The number of hydrogen-bond donors (Lipinski definition) is 0. The summed E-state index contributed by atoms with van der Waals surface area (Å²) in [5, 5.41) is 1.27. The first-order valence-corrected chi connectivity index (χ1v) is 8.84. The first-order valence-electron chi connectivity index (χ1n) is 8.09. The van der Waals surface area contributed by atoms with Crippen LogP contribution in [0.2, 0.25) is 10.0 Å². The van der Waals surface area contributed by atoms with E-state index in [1.807, 2.05) is 12.1 Å². The zero-order valence-corrected chi connectivity index (χ0v) is 15.1. The summed E-state index contributed by atoms with van der Waals surface area (Å²) in [6, 6.07) is 4.12. The summed E-state index contributed by atoms with van der Waals surface area (Å²) in [5.74, 6) is 0.112. The molecule has 1 heterocycles. The summed E-state index contributed by atoms with van der Waals surface area (Å²) >= 11 is 13.0. The fraction of sp³-hybridized carbons (Fsp3) is 0.500. The highest BCUT2D eigenvalue weighted by atomic mass is 35.5. The van der Waals surface area contributed by atoms with Crippen molar-refractivity contribution < 1.29 is 4.79 Å². The molecule has 1 atom stereocenters. The Morgan fingerprint density at radius 2 is 1.87 bits per heavy atom. The maximum Gasteiger partial charge on any atom is 0.229 e. The molecule has 1 aliphatic carbocycles. The lowest BCUT2D eigenvalue weighted by molar-refractivity contribution is -0.131. The molecule has 0 N–H and O–H groups in total. The van der Waals surface area contributed by atoms with Crippen LogP contribution in [-0.2, 0) is 11.3 Å². The highest BCUT2D eigenvalue weighted by Gasteiger charge is 2.29. The van der Waals surface area contributed by atoms with Gasteiger partial charge in [-0.1, -0.05) is 41.4 Å². The van der Waals surface area contributed by atoms with Gasteiger partial charge in [0, 0.05) is 20.6 Å². The Balaban J connectivity index is 1.76. The Kier molecular flexibility index (Phi) is 5.00. The monoisotopic (exact) mass is 352 g/mol. The summed E-state index contributed by atoms with van der Waals surface area (Å²) in [5.41, 5.74) is 3.16. The quantitative estimate of drug-likeness (QED) is 0.814. The minimum absolute atomic E-state index is 0.0286. The fourth-order valence-electron chi connectivity index (χ4n) is 3.28. The Morgan fingerprint density at radius 3 is 2.48 bits per heavy atom. The molecule has 1 saturated heterocycles. The number of nitrogens with zero attached hydrogens (tertiary/aromatic N) is 2. The van der Waals surface area contributed by atoms with Gasteiger partial charge in [-0.05, 0) is 49.1 Å². The molecule has 1 unspecified atom stereocenters. The number of likely N-dealkylation sites (tertiary alicyclic amines) is 1. The Hall–Kier alpha value is -1.03. The standard InChI is InChI=1S/C18H22Cl2N2O/c1-21(2)18(23)14-9-13(10-14)15-6-5-12(16(19)17(15)20)11-22-7-3-4-8-22/h5-6,9,14H,3-4,7-8,10-11H2,1-2H3. The first kappa shape index (κ1) is 16.8. The van der Waals surface area contributed by atoms with E-state index in [0.717, 1.165) is 42.8 Å². The number of benzene rings is 1. The van der Waals surface area contributed by atoms with Crippen LogP contribution in [0.15, 0.2) is 18.2 Å². The van der Waals surface area contributed by atoms with Crippen LogP contribution in [0.25, 0.3) is 5.57 Å². The van der Waals surface area contributed by atoms with Crippen LogP contribution in [0.1, 0.15) is 30.4 Å². The van der Waals surface area contributed by atoms with Gasteiger partial charge in [-0.15, -0.1) is 0 Å². The van der Waals surface area contributed by atoms with Gasteiger partial charge in [0.25, 0.3) is 0 Å². The fourth-order valence-corrected chi connectivity index (χ4v) is 3.81. The highest BCUT2D eigenvalue weighted by molar-refractivity contribution is 6.43. The third-order valence-electron chi connectivity index (χ3n) is 4.70. The second kappa shape index (κ2) is 6.84. The molecular weight excluding hydrogens is 331 g/mol. The average molecular weight is 353 g/mol. The summed E-state index contributed by atoms with van der Waals surface area (Å²) < 4.78 is 0. The van der Waals surface area contributed by atoms with Gasteiger partial charge in [0.1, 0.15) is 0 Å². The van der Waals surface area contributed by atoms with E-state index in [1.54, 1.807) is 19.0 Å². The van der Waals surface area contributed by atoms with Gasteiger partial charge in [0.05, 0.1) is 16.0 Å². The molecular formula is C18H22Cl2N2O. The summed E-state index contributed by atoms with van der Waals surface area (Å²) in [6.07, 6.45) is 5.26. The number of halogens is 2. The van der Waals surface area contributed by atoms with E-state index in [-0.39, 0.29) is 11.8 Å². The molecule has 0 spiro atoms. The van der Waals surface area contributed by atoms with Crippen molar-refractivity contribution in [1.82, 2.24) is 9.80 Å². The topological polar surface area (TPSA) is 23.6 Å². The van der Waals surface area contributed by atoms with Gasteiger partial charge >= 0.3 is 0 Å². The predicted octanol–water partition coefficient (Wildman–Crippen LogP) is 4.08. The Morgan fingerprint density at radius 1 is 1.22 bits per heavy atom. The first-order chi connectivity index (χ1) is 11.0. The molecule has 3 nitrogen and oxygen atoms in total. The molecule has 1 fully saturated rings. The third kappa shape index (κ3) is 3.42. The number of hydrogen-bond acceptors (Lipinski definition) is 2. The van der Waals surface area contributed by atoms with Crippen LogP contribution in [0.5, 0.6) is 0 Å². The van der Waals surface area contributed by atoms with Crippen molar-refractivity contribution in [3.8, 4) is 0 Å².